The molecule has 0 saturated carbocycles. The van der Waals surface area contributed by atoms with Crippen molar-refractivity contribution in [1.29, 1.82) is 0 Å². The van der Waals surface area contributed by atoms with Crippen LogP contribution in [-0.4, -0.2) is 59.9 Å². The van der Waals surface area contributed by atoms with Crippen LogP contribution in [0.15, 0.2) is 0 Å². The first-order chi connectivity index (χ1) is 7.09. The topological polar surface area (TPSA) is 85.2 Å². The fourth-order valence-electron chi connectivity index (χ4n) is 1.79. The van der Waals surface area contributed by atoms with Crippen LogP contribution in [0.2, 0.25) is 0 Å². The lowest BCUT2D eigenvalue weighted by atomic mass is 10.1. The molecule has 2 fully saturated rings. The molecule has 2 saturated heterocycles. The Morgan fingerprint density at radius 2 is 2.07 bits per heavy atom. The first kappa shape index (κ1) is 10.8. The van der Waals surface area contributed by atoms with E-state index in [1.807, 2.05) is 0 Å². The Balaban J connectivity index is 1.93. The summed E-state index contributed by atoms with van der Waals surface area (Å²) in [6.07, 6.45) is -3.19. The highest BCUT2D eigenvalue weighted by Gasteiger charge is 2.49. The molecule has 0 aliphatic carbocycles. The largest absolute Gasteiger partial charge is 0.455 e. The predicted molar refractivity (Wildman–Crippen MR) is 47.0 cm³/mol. The van der Waals surface area contributed by atoms with Crippen LogP contribution in [0.4, 0.5) is 0 Å². The first-order valence-corrected chi connectivity index (χ1v) is 4.89. The average Bonchev–Trinajstić information content (AvgIpc) is 2.71. The Kier molecular flexibility index (Phi) is 2.92. The lowest BCUT2D eigenvalue weighted by Gasteiger charge is -2.17. The normalized spacial score (nSPS) is 41.3. The third-order valence-corrected chi connectivity index (χ3v) is 2.59. The summed E-state index contributed by atoms with van der Waals surface area (Å²) >= 11 is 0. The van der Waals surface area contributed by atoms with Crippen LogP contribution in [0, 0.1) is 0 Å². The predicted octanol–water partition coefficient (Wildman–Crippen LogP) is -1.56. The smallest absolute Gasteiger partial charge is 0.335 e. The molecule has 1 unspecified atom stereocenters. The zero-order valence-corrected chi connectivity index (χ0v) is 8.33. The molecule has 0 aromatic heterocycles. The molecule has 5 atom stereocenters. The molecule has 0 aromatic carbocycles. The minimum atomic E-state index is -1.16. The van der Waals surface area contributed by atoms with E-state index in [0.717, 1.165) is 0 Å². The summed E-state index contributed by atoms with van der Waals surface area (Å²) in [5.74, 6) is -0.700. The quantitative estimate of drug-likeness (QED) is 0.545. The molecule has 0 radical (unpaired) electrons. The van der Waals surface area contributed by atoms with Gasteiger partial charge in [-0.1, -0.05) is 0 Å². The van der Waals surface area contributed by atoms with E-state index in [0.29, 0.717) is 0 Å². The van der Waals surface area contributed by atoms with Crippen LogP contribution in [0.1, 0.15) is 6.92 Å². The van der Waals surface area contributed by atoms with Gasteiger partial charge in [0.25, 0.3) is 0 Å². The zero-order valence-electron chi connectivity index (χ0n) is 8.33. The van der Waals surface area contributed by atoms with Crippen LogP contribution >= 0.6 is 0 Å². The van der Waals surface area contributed by atoms with Crippen molar-refractivity contribution < 1.29 is 29.2 Å². The molecule has 6 nitrogen and oxygen atoms in total. The molecule has 2 aliphatic heterocycles. The minimum Gasteiger partial charge on any atom is -0.455 e. The molecule has 86 valence electrons. The summed E-state index contributed by atoms with van der Waals surface area (Å²) in [5.41, 5.74) is 0. The summed E-state index contributed by atoms with van der Waals surface area (Å²) in [6, 6.07) is 0. The Morgan fingerprint density at radius 3 is 2.73 bits per heavy atom. The highest BCUT2D eigenvalue weighted by Crippen LogP contribution is 2.28. The monoisotopic (exact) mass is 218 g/mol. The number of aliphatic hydroxyl groups is 2. The number of carbonyl (C=O) groups excluding carboxylic acids is 1. The Morgan fingerprint density at radius 1 is 1.40 bits per heavy atom. The minimum absolute atomic E-state index is 0.193. The summed E-state index contributed by atoms with van der Waals surface area (Å²) < 4.78 is 15.5. The van der Waals surface area contributed by atoms with Crippen molar-refractivity contribution in [3.63, 3.8) is 0 Å². The number of aliphatic hydroxyl groups excluding tert-OH is 2. The Bertz CT molecular complexity index is 253. The van der Waals surface area contributed by atoms with Crippen molar-refractivity contribution in [2.45, 2.75) is 37.4 Å². The van der Waals surface area contributed by atoms with Crippen LogP contribution in [0.25, 0.3) is 0 Å². The SMILES string of the molecule is CC(O)C(=O)O[C@@H]1CO[C@H]2[C@@H]1OC[C@@H]2O. The van der Waals surface area contributed by atoms with Crippen LogP contribution in [0.5, 0.6) is 0 Å². The fraction of sp³-hybridized carbons (Fsp3) is 0.889. The number of carbonyl (C=O) groups is 1. The number of rotatable bonds is 2. The molecule has 0 aromatic rings. The van der Waals surface area contributed by atoms with Crippen molar-refractivity contribution in [3.8, 4) is 0 Å². The van der Waals surface area contributed by atoms with Crippen molar-refractivity contribution in [2.24, 2.45) is 0 Å². The fourth-order valence-corrected chi connectivity index (χ4v) is 1.79. The zero-order chi connectivity index (χ0) is 11.0. The van der Waals surface area contributed by atoms with Crippen molar-refractivity contribution in [2.75, 3.05) is 13.2 Å². The molecule has 6 heteroatoms. The standard InChI is InChI=1S/C9H14O6/c1-4(10)9(12)15-6-3-14-7-5(11)2-13-8(6)7/h4-8,10-11H,2-3H2,1H3/t4?,5-,6+,7+,8+/m0/s1. The maximum absolute atomic E-state index is 11.1. The lowest BCUT2D eigenvalue weighted by molar-refractivity contribution is -0.162. The van der Waals surface area contributed by atoms with E-state index < -0.39 is 36.5 Å². The number of esters is 1. The van der Waals surface area contributed by atoms with Gasteiger partial charge in [0.05, 0.1) is 13.2 Å². The van der Waals surface area contributed by atoms with Crippen LogP contribution in [0.3, 0.4) is 0 Å². The summed E-state index contributed by atoms with van der Waals surface area (Å²) in [7, 11) is 0. The van der Waals surface area contributed by atoms with E-state index in [-0.39, 0.29) is 13.2 Å². The molecule has 2 aliphatic rings. The van der Waals surface area contributed by atoms with Gasteiger partial charge in [-0.25, -0.2) is 4.79 Å². The van der Waals surface area contributed by atoms with Gasteiger partial charge < -0.3 is 24.4 Å². The average molecular weight is 218 g/mol. The summed E-state index contributed by atoms with van der Waals surface area (Å²) in [6.45, 7) is 1.73. The van der Waals surface area contributed by atoms with E-state index in [4.69, 9.17) is 19.3 Å². The van der Waals surface area contributed by atoms with Gasteiger partial charge in [-0.05, 0) is 6.92 Å². The maximum Gasteiger partial charge on any atom is 0.335 e. The van der Waals surface area contributed by atoms with E-state index in [1.54, 1.807) is 0 Å². The van der Waals surface area contributed by atoms with Gasteiger partial charge in [-0.15, -0.1) is 0 Å². The van der Waals surface area contributed by atoms with Gasteiger partial charge >= 0.3 is 5.97 Å². The van der Waals surface area contributed by atoms with Crippen LogP contribution < -0.4 is 0 Å². The summed E-state index contributed by atoms with van der Waals surface area (Å²) in [4.78, 5) is 11.1. The number of hydrogen-bond acceptors (Lipinski definition) is 6. The Labute approximate surface area is 86.7 Å². The second kappa shape index (κ2) is 4.05. The number of hydrogen-bond donors (Lipinski definition) is 2. The maximum atomic E-state index is 11.1. The van der Waals surface area contributed by atoms with Gasteiger partial charge in [0.2, 0.25) is 0 Å². The third kappa shape index (κ3) is 1.98. The second-order valence-corrected chi connectivity index (χ2v) is 3.81. The lowest BCUT2D eigenvalue weighted by Crippen LogP contribution is -2.36. The van der Waals surface area contributed by atoms with Gasteiger partial charge in [-0.2, -0.15) is 0 Å². The Hall–Kier alpha value is -0.690. The summed E-state index contributed by atoms with van der Waals surface area (Å²) in [5, 5.41) is 18.4. The van der Waals surface area contributed by atoms with E-state index >= 15 is 0 Å². The van der Waals surface area contributed by atoms with Gasteiger partial charge in [0.15, 0.2) is 6.10 Å². The van der Waals surface area contributed by atoms with Crippen molar-refractivity contribution in [3.05, 3.63) is 0 Å². The second-order valence-electron chi connectivity index (χ2n) is 3.81. The molecule has 15 heavy (non-hydrogen) atoms. The van der Waals surface area contributed by atoms with Gasteiger partial charge in [-0.3, -0.25) is 0 Å². The first-order valence-electron chi connectivity index (χ1n) is 4.89. The third-order valence-electron chi connectivity index (χ3n) is 2.59. The number of fused-ring (bicyclic) bond motifs is 1. The van der Waals surface area contributed by atoms with Crippen molar-refractivity contribution in [1.82, 2.24) is 0 Å². The molecule has 0 spiro atoms. The van der Waals surface area contributed by atoms with E-state index in [2.05, 4.69) is 0 Å². The molecular formula is C9H14O6. The highest BCUT2D eigenvalue weighted by atomic mass is 16.6. The number of ether oxygens (including phenoxy) is 3. The van der Waals surface area contributed by atoms with Gasteiger partial charge in [0.1, 0.15) is 24.4 Å². The van der Waals surface area contributed by atoms with Crippen LogP contribution in [-0.2, 0) is 19.0 Å². The van der Waals surface area contributed by atoms with Gasteiger partial charge in [0, 0.05) is 0 Å². The van der Waals surface area contributed by atoms with E-state index in [9.17, 15) is 9.90 Å². The molecule has 2 rings (SSSR count). The molecule has 2 heterocycles. The van der Waals surface area contributed by atoms with Crippen molar-refractivity contribution >= 4 is 5.97 Å². The molecule has 0 bridgehead atoms. The molecule has 2 N–H and O–H groups in total. The molecular weight excluding hydrogens is 204 g/mol. The highest BCUT2D eigenvalue weighted by molar-refractivity contribution is 5.74. The van der Waals surface area contributed by atoms with E-state index in [1.165, 1.54) is 6.92 Å². The molecule has 0 amide bonds.